The molecular formula is C28H26F2N6O2S. The number of halogens is 2. The second-order valence-electron chi connectivity index (χ2n) is 10.6. The van der Waals surface area contributed by atoms with E-state index in [1.54, 1.807) is 6.07 Å². The molecule has 2 bridgehead atoms. The van der Waals surface area contributed by atoms with Crippen LogP contribution in [0, 0.1) is 17.0 Å². The number of anilines is 1. The summed E-state index contributed by atoms with van der Waals surface area (Å²) in [6, 6.07) is 11.3. The minimum absolute atomic E-state index is 0.00259. The molecule has 8 nitrogen and oxygen atoms in total. The molecule has 11 heteroatoms. The number of sulfonamides is 1. The Labute approximate surface area is 225 Å². The maximum atomic E-state index is 14.5. The van der Waals surface area contributed by atoms with Crippen LogP contribution in [0.2, 0.25) is 0 Å². The summed E-state index contributed by atoms with van der Waals surface area (Å²) in [5.74, 6) is -1.31. The number of hydrogen-bond donors (Lipinski definition) is 1. The first kappa shape index (κ1) is 25.4. The lowest BCUT2D eigenvalue weighted by Crippen LogP contribution is -2.37. The van der Waals surface area contributed by atoms with Gasteiger partial charge in [-0.05, 0) is 67.0 Å². The third-order valence-corrected chi connectivity index (χ3v) is 9.62. The lowest BCUT2D eigenvalue weighted by molar-refractivity contribution is 0.243. The van der Waals surface area contributed by atoms with Gasteiger partial charge >= 0.3 is 0 Å². The van der Waals surface area contributed by atoms with Crippen molar-refractivity contribution in [2.45, 2.75) is 44.9 Å². The first-order valence-corrected chi connectivity index (χ1v) is 14.4. The van der Waals surface area contributed by atoms with Crippen LogP contribution in [0.15, 0.2) is 54.9 Å². The van der Waals surface area contributed by atoms with Gasteiger partial charge < -0.3 is 0 Å². The summed E-state index contributed by atoms with van der Waals surface area (Å²) < 4.78 is 55.1. The van der Waals surface area contributed by atoms with Gasteiger partial charge in [-0.1, -0.05) is 26.0 Å². The van der Waals surface area contributed by atoms with Crippen molar-refractivity contribution in [1.82, 2.24) is 25.1 Å². The highest BCUT2D eigenvalue weighted by atomic mass is 32.2. The van der Waals surface area contributed by atoms with Crippen molar-refractivity contribution in [3.8, 4) is 22.5 Å². The molecule has 0 aliphatic heterocycles. The maximum Gasteiger partial charge on any atom is 0.236 e. The van der Waals surface area contributed by atoms with Crippen LogP contribution in [0.1, 0.15) is 56.5 Å². The molecule has 0 saturated heterocycles. The summed E-state index contributed by atoms with van der Waals surface area (Å²) in [6.45, 7) is 5.90. The molecule has 0 amide bonds. The summed E-state index contributed by atoms with van der Waals surface area (Å²) in [6.07, 6.45) is 4.76. The van der Waals surface area contributed by atoms with E-state index in [1.807, 2.05) is 18.2 Å². The predicted molar refractivity (Wildman–Crippen MR) is 142 cm³/mol. The van der Waals surface area contributed by atoms with E-state index in [2.05, 4.69) is 38.7 Å². The first-order valence-electron chi connectivity index (χ1n) is 12.7. The Morgan fingerprint density at radius 2 is 1.69 bits per heavy atom. The fourth-order valence-electron chi connectivity index (χ4n) is 6.31. The molecule has 4 aromatic rings. The lowest BCUT2D eigenvalue weighted by atomic mass is 9.66. The van der Waals surface area contributed by atoms with Gasteiger partial charge in [-0.25, -0.2) is 27.2 Å². The Bertz CT molecular complexity index is 1690. The third-order valence-electron chi connectivity index (χ3n) is 8.36. The predicted octanol–water partition coefficient (Wildman–Crippen LogP) is 5.24. The van der Waals surface area contributed by atoms with Crippen LogP contribution < -0.4 is 4.72 Å². The van der Waals surface area contributed by atoms with E-state index in [-0.39, 0.29) is 34.3 Å². The van der Waals surface area contributed by atoms with Gasteiger partial charge in [0.1, 0.15) is 11.6 Å². The Balaban J connectivity index is 1.41. The van der Waals surface area contributed by atoms with Gasteiger partial charge in [0.15, 0.2) is 0 Å². The van der Waals surface area contributed by atoms with E-state index in [4.69, 9.17) is 4.98 Å². The fraction of sp³-hybridized carbons (Fsp3) is 0.321. The van der Waals surface area contributed by atoms with Crippen molar-refractivity contribution in [2.75, 3.05) is 10.5 Å². The van der Waals surface area contributed by atoms with Crippen molar-refractivity contribution < 1.29 is 17.2 Å². The molecule has 2 aliphatic carbocycles. The van der Waals surface area contributed by atoms with Crippen molar-refractivity contribution in [3.63, 3.8) is 0 Å². The number of fused-ring (bicyclic) bond motifs is 5. The molecular weight excluding hydrogens is 522 g/mol. The molecule has 2 aliphatic rings. The van der Waals surface area contributed by atoms with Gasteiger partial charge in [0, 0.05) is 18.0 Å². The number of rotatable bonds is 6. The molecule has 200 valence electrons. The van der Waals surface area contributed by atoms with Gasteiger partial charge in [0.2, 0.25) is 16.0 Å². The summed E-state index contributed by atoms with van der Waals surface area (Å²) in [5, 5.41) is 8.88. The molecule has 0 spiro atoms. The molecule has 0 unspecified atom stereocenters. The van der Waals surface area contributed by atoms with Gasteiger partial charge in [-0.2, -0.15) is 5.10 Å². The van der Waals surface area contributed by atoms with Gasteiger partial charge in [0.25, 0.3) is 0 Å². The fourth-order valence-corrected chi connectivity index (χ4v) is 6.84. The van der Waals surface area contributed by atoms with Crippen LogP contribution in [0.3, 0.4) is 0 Å². The molecule has 6 rings (SSSR count). The number of nitrogens with zero attached hydrogens (tertiary/aromatic N) is 5. The third kappa shape index (κ3) is 3.82. The Morgan fingerprint density at radius 3 is 2.38 bits per heavy atom. The summed E-state index contributed by atoms with van der Waals surface area (Å²) in [4.78, 5) is 13.3. The normalized spacial score (nSPS) is 21.1. The average molecular weight is 549 g/mol. The van der Waals surface area contributed by atoms with Crippen LogP contribution >= 0.6 is 0 Å². The van der Waals surface area contributed by atoms with E-state index in [0.717, 1.165) is 29.8 Å². The molecule has 2 atom stereocenters. The Kier molecular flexibility index (Phi) is 5.76. The summed E-state index contributed by atoms with van der Waals surface area (Å²) in [7, 11) is -3.49. The zero-order valence-electron chi connectivity index (χ0n) is 21.6. The van der Waals surface area contributed by atoms with E-state index in [0.29, 0.717) is 11.3 Å². The monoisotopic (exact) mass is 548 g/mol. The molecule has 3 heterocycles. The van der Waals surface area contributed by atoms with Crippen LogP contribution in [-0.4, -0.2) is 39.3 Å². The molecule has 1 N–H and O–H groups in total. The van der Waals surface area contributed by atoms with E-state index in [1.165, 1.54) is 37.5 Å². The Morgan fingerprint density at radius 1 is 1.00 bits per heavy atom. The second kappa shape index (κ2) is 8.84. The van der Waals surface area contributed by atoms with Crippen LogP contribution in [-0.2, 0) is 15.4 Å². The van der Waals surface area contributed by atoms with Crippen molar-refractivity contribution >= 4 is 16.0 Å². The van der Waals surface area contributed by atoms with Crippen LogP contribution in [0.5, 0.6) is 0 Å². The topological polar surface area (TPSA) is 111 Å². The summed E-state index contributed by atoms with van der Waals surface area (Å²) >= 11 is 0. The zero-order chi connectivity index (χ0) is 27.6. The number of benzene rings is 1. The van der Waals surface area contributed by atoms with Gasteiger partial charge in [-0.15, -0.1) is 5.10 Å². The highest BCUT2D eigenvalue weighted by Gasteiger charge is 2.65. The zero-order valence-corrected chi connectivity index (χ0v) is 22.4. The van der Waals surface area contributed by atoms with Crippen LogP contribution in [0.25, 0.3) is 22.5 Å². The molecule has 3 aromatic heterocycles. The van der Waals surface area contributed by atoms with Crippen molar-refractivity contribution in [1.29, 1.82) is 0 Å². The minimum atomic E-state index is -3.49. The van der Waals surface area contributed by atoms with Crippen LogP contribution in [0.4, 0.5) is 14.7 Å². The minimum Gasteiger partial charge on any atom is -0.252 e. The number of hydrogen-bond acceptors (Lipinski definition) is 7. The standard InChI is InChI=1S/C28H26F2N6O2S/c1-4-39(37,38)36-26-31-14-16(15-32-26)21-9-6-10-23(33-21)28-12-11-18(27(28,2)3)17-13-22(34-35-25(17)28)24-19(29)7-5-8-20(24)30/h5-10,13-15,18H,4,11-12H2,1-3H3,(H,31,32,36)/t18-,28-/m0/s1. The Hall–Kier alpha value is -3.86. The van der Waals surface area contributed by atoms with Crippen molar-refractivity contribution in [2.24, 2.45) is 5.41 Å². The molecule has 0 radical (unpaired) electrons. The highest BCUT2D eigenvalue weighted by molar-refractivity contribution is 7.92. The quantitative estimate of drug-likeness (QED) is 0.351. The largest absolute Gasteiger partial charge is 0.252 e. The molecule has 1 fully saturated rings. The van der Waals surface area contributed by atoms with E-state index >= 15 is 0 Å². The van der Waals surface area contributed by atoms with Crippen molar-refractivity contribution in [3.05, 3.63) is 83.4 Å². The lowest BCUT2D eigenvalue weighted by Gasteiger charge is -2.37. The molecule has 39 heavy (non-hydrogen) atoms. The summed E-state index contributed by atoms with van der Waals surface area (Å²) in [5.41, 5.74) is 3.01. The highest BCUT2D eigenvalue weighted by Crippen LogP contribution is 2.69. The number of aromatic nitrogens is 5. The smallest absolute Gasteiger partial charge is 0.236 e. The van der Waals surface area contributed by atoms with Gasteiger partial charge in [0.05, 0.1) is 39.5 Å². The SMILES string of the molecule is CCS(=O)(=O)Nc1ncc(-c2cccc([C@@]34CC[C@@H](c5cc(-c6c(F)cccc6F)nnc53)C4(C)C)n2)cn1. The maximum absolute atomic E-state index is 14.5. The van der Waals surface area contributed by atoms with E-state index in [9.17, 15) is 17.2 Å². The second-order valence-corrected chi connectivity index (χ2v) is 12.6. The molecule has 1 saturated carbocycles. The average Bonchev–Trinajstić information content (AvgIpc) is 3.30. The van der Waals surface area contributed by atoms with E-state index < -0.39 is 27.1 Å². The number of pyridine rings is 1. The molecule has 1 aromatic carbocycles. The first-order chi connectivity index (χ1) is 18.6. The van der Waals surface area contributed by atoms with Gasteiger partial charge in [-0.3, -0.25) is 9.71 Å². The number of nitrogens with one attached hydrogen (secondary N) is 1.